The molecule has 0 radical (unpaired) electrons. The van der Waals surface area contributed by atoms with Crippen LogP contribution in [0.3, 0.4) is 0 Å². The quantitative estimate of drug-likeness (QED) is 0.702. The zero-order valence-corrected chi connectivity index (χ0v) is 18.9. The van der Waals surface area contributed by atoms with Gasteiger partial charge < -0.3 is 9.88 Å². The van der Waals surface area contributed by atoms with Gasteiger partial charge >= 0.3 is 0 Å². The summed E-state index contributed by atoms with van der Waals surface area (Å²) >= 11 is 0. The van der Waals surface area contributed by atoms with E-state index in [1.807, 2.05) is 23.6 Å². The van der Waals surface area contributed by atoms with E-state index in [1.165, 1.54) is 21.9 Å². The van der Waals surface area contributed by atoms with E-state index in [9.17, 15) is 13.2 Å². The number of carbonyl (C=O) groups excluding carboxylic acids is 1. The van der Waals surface area contributed by atoms with Gasteiger partial charge in [0.25, 0.3) is 0 Å². The molecule has 1 aliphatic heterocycles. The average Bonchev–Trinajstić information content (AvgIpc) is 3.26. The molecule has 168 valence electrons. The summed E-state index contributed by atoms with van der Waals surface area (Å²) in [4.78, 5) is 12.9. The van der Waals surface area contributed by atoms with Gasteiger partial charge in [-0.2, -0.15) is 4.31 Å². The first-order valence-electron chi connectivity index (χ1n) is 11.3. The van der Waals surface area contributed by atoms with E-state index in [2.05, 4.69) is 15.5 Å². The largest absolute Gasteiger partial charge is 0.355 e. The van der Waals surface area contributed by atoms with Crippen molar-refractivity contribution in [1.82, 2.24) is 24.4 Å². The Morgan fingerprint density at radius 1 is 1.16 bits per heavy atom. The molecule has 8 nitrogen and oxygen atoms in total. The van der Waals surface area contributed by atoms with Crippen LogP contribution in [0.25, 0.3) is 0 Å². The smallest absolute Gasteiger partial charge is 0.243 e. The molecule has 0 unspecified atom stereocenters. The molecule has 1 aromatic heterocycles. The highest BCUT2D eigenvalue weighted by molar-refractivity contribution is 7.89. The Labute approximate surface area is 184 Å². The van der Waals surface area contributed by atoms with E-state index in [1.54, 1.807) is 12.4 Å². The van der Waals surface area contributed by atoms with Crippen LogP contribution in [0.1, 0.15) is 49.6 Å². The highest BCUT2D eigenvalue weighted by atomic mass is 32.2. The van der Waals surface area contributed by atoms with Gasteiger partial charge in [-0.25, -0.2) is 8.42 Å². The Hall–Kier alpha value is -2.26. The first kappa shape index (κ1) is 22.0. The molecule has 9 heteroatoms. The third-order valence-corrected chi connectivity index (χ3v) is 8.36. The lowest BCUT2D eigenvalue weighted by Crippen LogP contribution is -2.43. The highest BCUT2D eigenvalue weighted by Crippen LogP contribution is 2.28. The Balaban J connectivity index is 1.30. The number of hydrogen-bond donors (Lipinski definition) is 1. The van der Waals surface area contributed by atoms with Gasteiger partial charge in [0, 0.05) is 38.5 Å². The Morgan fingerprint density at radius 3 is 2.65 bits per heavy atom. The van der Waals surface area contributed by atoms with Crippen molar-refractivity contribution in [3.05, 3.63) is 41.5 Å². The van der Waals surface area contributed by atoms with E-state index >= 15 is 0 Å². The number of fused-ring (bicyclic) bond motifs is 1. The predicted octanol–water partition coefficient (Wildman–Crippen LogP) is 1.94. The number of benzene rings is 1. The number of piperidine rings is 1. The fraction of sp³-hybridized carbons (Fsp3) is 0.591. The van der Waals surface area contributed by atoms with Gasteiger partial charge in [-0.1, -0.05) is 6.07 Å². The number of nitrogens with zero attached hydrogens (tertiary/aromatic N) is 4. The van der Waals surface area contributed by atoms with Crippen LogP contribution in [-0.4, -0.2) is 53.0 Å². The first-order valence-corrected chi connectivity index (χ1v) is 12.7. The van der Waals surface area contributed by atoms with Crippen LogP contribution in [0, 0.1) is 5.92 Å². The van der Waals surface area contributed by atoms with Gasteiger partial charge in [0.05, 0.1) is 4.90 Å². The summed E-state index contributed by atoms with van der Waals surface area (Å²) in [7, 11) is -3.52. The summed E-state index contributed by atoms with van der Waals surface area (Å²) < 4.78 is 29.7. The minimum absolute atomic E-state index is 0.00612. The molecule has 2 aliphatic rings. The molecule has 1 fully saturated rings. The summed E-state index contributed by atoms with van der Waals surface area (Å²) in [5.74, 6) is 0.696. The van der Waals surface area contributed by atoms with Crippen molar-refractivity contribution < 1.29 is 13.2 Å². The predicted molar refractivity (Wildman–Crippen MR) is 117 cm³/mol. The van der Waals surface area contributed by atoms with Gasteiger partial charge in [-0.3, -0.25) is 4.79 Å². The molecule has 1 aromatic carbocycles. The lowest BCUT2D eigenvalue weighted by Gasteiger charge is -2.31. The second-order valence-electron chi connectivity index (χ2n) is 8.39. The minimum Gasteiger partial charge on any atom is -0.355 e. The zero-order valence-electron chi connectivity index (χ0n) is 18.1. The van der Waals surface area contributed by atoms with E-state index in [0.29, 0.717) is 43.8 Å². The van der Waals surface area contributed by atoms with Crippen LogP contribution in [0.4, 0.5) is 0 Å². The molecule has 1 aliphatic carbocycles. The standard InChI is InChI=1S/C22H31N5O3S/c1-2-26-16-24-25-21(26)9-12-23-22(28)18-10-13-27(14-11-18)31(29,30)20-8-7-17-5-3-4-6-19(17)15-20/h7-8,15-16,18H,2-6,9-14H2,1H3,(H,23,28). The number of rotatable bonds is 7. The van der Waals surface area contributed by atoms with Crippen LogP contribution in [0.5, 0.6) is 0 Å². The third kappa shape index (κ3) is 4.82. The van der Waals surface area contributed by atoms with Gasteiger partial charge in [0.15, 0.2) is 0 Å². The fourth-order valence-electron chi connectivity index (χ4n) is 4.56. The lowest BCUT2D eigenvalue weighted by atomic mass is 9.92. The van der Waals surface area contributed by atoms with Crippen molar-refractivity contribution in [3.63, 3.8) is 0 Å². The van der Waals surface area contributed by atoms with Crippen molar-refractivity contribution in [2.75, 3.05) is 19.6 Å². The number of nitrogens with one attached hydrogen (secondary N) is 1. The normalized spacial score (nSPS) is 18.0. The van der Waals surface area contributed by atoms with E-state index in [4.69, 9.17) is 0 Å². The minimum atomic E-state index is -3.52. The van der Waals surface area contributed by atoms with Crippen molar-refractivity contribution in [1.29, 1.82) is 0 Å². The Kier molecular flexibility index (Phi) is 6.71. The van der Waals surface area contributed by atoms with Crippen molar-refractivity contribution in [2.45, 2.75) is 63.3 Å². The molecule has 0 bridgehead atoms. The van der Waals surface area contributed by atoms with Crippen LogP contribution in [-0.2, 0) is 40.6 Å². The van der Waals surface area contributed by atoms with Crippen LogP contribution in [0.2, 0.25) is 0 Å². The Morgan fingerprint density at radius 2 is 1.90 bits per heavy atom. The topological polar surface area (TPSA) is 97.2 Å². The van der Waals surface area contributed by atoms with Crippen molar-refractivity contribution in [3.8, 4) is 0 Å². The maximum Gasteiger partial charge on any atom is 0.243 e. The first-order chi connectivity index (χ1) is 15.0. The summed E-state index contributed by atoms with van der Waals surface area (Å²) in [6, 6.07) is 5.58. The molecule has 4 rings (SSSR count). The van der Waals surface area contributed by atoms with Crippen molar-refractivity contribution in [2.24, 2.45) is 5.92 Å². The number of sulfonamides is 1. The molecule has 1 N–H and O–H groups in total. The number of carbonyl (C=O) groups is 1. The number of hydrogen-bond acceptors (Lipinski definition) is 5. The second kappa shape index (κ2) is 9.48. The molecular weight excluding hydrogens is 414 g/mol. The van der Waals surface area contributed by atoms with Gasteiger partial charge in [0.1, 0.15) is 12.2 Å². The van der Waals surface area contributed by atoms with Crippen LogP contribution >= 0.6 is 0 Å². The maximum atomic E-state index is 13.1. The molecule has 31 heavy (non-hydrogen) atoms. The molecule has 2 heterocycles. The molecule has 0 spiro atoms. The van der Waals surface area contributed by atoms with E-state index in [-0.39, 0.29) is 11.8 Å². The van der Waals surface area contributed by atoms with Crippen LogP contribution < -0.4 is 5.32 Å². The van der Waals surface area contributed by atoms with E-state index < -0.39 is 10.0 Å². The molecule has 2 aromatic rings. The molecule has 0 atom stereocenters. The second-order valence-corrected chi connectivity index (χ2v) is 10.3. The van der Waals surface area contributed by atoms with Gasteiger partial charge in [-0.05, 0) is 68.7 Å². The SMILES string of the molecule is CCn1cnnc1CCNC(=O)C1CCN(S(=O)(=O)c2ccc3c(c2)CCCC3)CC1. The average molecular weight is 446 g/mol. The van der Waals surface area contributed by atoms with Crippen LogP contribution in [0.15, 0.2) is 29.4 Å². The van der Waals surface area contributed by atoms with Gasteiger partial charge in [0.2, 0.25) is 15.9 Å². The summed E-state index contributed by atoms with van der Waals surface area (Å²) in [5.41, 5.74) is 2.44. The molecule has 1 amide bonds. The lowest BCUT2D eigenvalue weighted by molar-refractivity contribution is -0.126. The summed E-state index contributed by atoms with van der Waals surface area (Å²) in [5, 5.41) is 10.9. The van der Waals surface area contributed by atoms with Crippen molar-refractivity contribution >= 4 is 15.9 Å². The molecular formula is C22H31N5O3S. The maximum absolute atomic E-state index is 13.1. The summed E-state index contributed by atoms with van der Waals surface area (Å²) in [6.07, 6.45) is 7.69. The third-order valence-electron chi connectivity index (χ3n) is 6.47. The number of aryl methyl sites for hydroxylation is 3. The highest BCUT2D eigenvalue weighted by Gasteiger charge is 2.32. The summed E-state index contributed by atoms with van der Waals surface area (Å²) in [6.45, 7) is 4.08. The van der Waals surface area contributed by atoms with Gasteiger partial charge in [-0.15, -0.1) is 10.2 Å². The Bertz CT molecular complexity index is 1030. The number of amides is 1. The molecule has 1 saturated heterocycles. The molecule has 0 saturated carbocycles. The number of aromatic nitrogens is 3. The fourth-order valence-corrected chi connectivity index (χ4v) is 6.08. The zero-order chi connectivity index (χ0) is 21.8. The van der Waals surface area contributed by atoms with E-state index in [0.717, 1.165) is 31.6 Å². The monoisotopic (exact) mass is 445 g/mol.